The lowest BCUT2D eigenvalue weighted by atomic mass is 9.90. The smallest absolute Gasteiger partial charge is 0.254 e. The lowest BCUT2D eigenvalue weighted by Gasteiger charge is -2.34. The molecule has 2 amide bonds. The van der Waals surface area contributed by atoms with Gasteiger partial charge in [-0.3, -0.25) is 19.2 Å². The van der Waals surface area contributed by atoms with Crippen LogP contribution in [0.2, 0.25) is 0 Å². The number of allylic oxidation sites excluding steroid dienone is 1. The van der Waals surface area contributed by atoms with Gasteiger partial charge in [0.15, 0.2) is 11.7 Å². The van der Waals surface area contributed by atoms with Crippen LogP contribution in [0, 0.1) is 0 Å². The monoisotopic (exact) mass is 822 g/mol. The number of phenolic OH excluding ortho intramolecular Hbond substituents is 1. The predicted molar refractivity (Wildman–Crippen MR) is 232 cm³/mol. The number of benzene rings is 4. The highest BCUT2D eigenvalue weighted by Gasteiger charge is 2.26. The van der Waals surface area contributed by atoms with E-state index in [1.807, 2.05) is 59.5 Å². The van der Waals surface area contributed by atoms with Gasteiger partial charge in [-0.15, -0.1) is 0 Å². The minimum Gasteiger partial charge on any atom is -0.508 e. The molecule has 2 aliphatic heterocycles. The Hall–Kier alpha value is -6.32. The number of hydrogen-bond acceptors (Lipinski definition) is 12. The van der Waals surface area contributed by atoms with E-state index in [1.54, 1.807) is 30.3 Å². The number of rotatable bonds is 19. The van der Waals surface area contributed by atoms with E-state index < -0.39 is 0 Å². The zero-order valence-electron chi connectivity index (χ0n) is 34.1. The Morgan fingerprint density at radius 3 is 2.28 bits per heavy atom. The van der Waals surface area contributed by atoms with Crippen molar-refractivity contribution >= 4 is 35.6 Å². The number of aldehydes is 1. The molecule has 14 heteroatoms. The molecule has 2 heterocycles. The Morgan fingerprint density at radius 1 is 0.867 bits per heavy atom. The van der Waals surface area contributed by atoms with Gasteiger partial charge in [-0.1, -0.05) is 49.9 Å². The van der Waals surface area contributed by atoms with Gasteiger partial charge in [-0.2, -0.15) is 0 Å². The van der Waals surface area contributed by atoms with Gasteiger partial charge in [0.2, 0.25) is 6.41 Å². The molecule has 0 unspecified atom stereocenters. The molecule has 3 aliphatic rings. The number of nitrogens with one attached hydrogen (secondary N) is 2. The number of aliphatic hydroxyl groups excluding tert-OH is 1. The predicted octanol–water partition coefficient (Wildman–Crippen LogP) is 4.82. The first-order valence-corrected chi connectivity index (χ1v) is 19.7. The van der Waals surface area contributed by atoms with Gasteiger partial charge in [0.1, 0.15) is 29.4 Å². The van der Waals surface area contributed by atoms with E-state index in [4.69, 9.17) is 23.7 Å². The van der Waals surface area contributed by atoms with E-state index >= 15 is 0 Å². The molecule has 0 aromatic heterocycles. The third-order valence-corrected chi connectivity index (χ3v) is 9.33. The number of ether oxygens (including phenoxy) is 3. The van der Waals surface area contributed by atoms with Gasteiger partial charge in [0.05, 0.1) is 26.4 Å². The first-order chi connectivity index (χ1) is 29.3. The summed E-state index contributed by atoms with van der Waals surface area (Å²) in [5.41, 5.74) is 5.06. The van der Waals surface area contributed by atoms with Crippen molar-refractivity contribution in [3.63, 3.8) is 0 Å². The van der Waals surface area contributed by atoms with E-state index in [0.717, 1.165) is 60.1 Å². The number of phenols is 1. The number of hydrogen-bond donors (Lipinski definition) is 4. The molecule has 3 aromatic rings. The van der Waals surface area contributed by atoms with Crippen molar-refractivity contribution in [3.05, 3.63) is 125 Å². The minimum absolute atomic E-state index is 0.00942. The SMILES string of the molecule is C=C(/C=C/c1ccc(O)cc1)NCCOCCOCCNC=O.CCN1CCN(C(=O)c2ccccc2-c2c3ccc(=O)cc-3oc3cc(OCC=O)ccc23)CC1.CO. The quantitative estimate of drug-likeness (QED) is 0.0387. The number of piperazine rings is 1. The average Bonchev–Trinajstić information content (AvgIpc) is 3.28. The van der Waals surface area contributed by atoms with E-state index in [-0.39, 0.29) is 23.7 Å². The minimum atomic E-state index is -0.168. The van der Waals surface area contributed by atoms with Crippen LogP contribution < -0.4 is 20.8 Å². The van der Waals surface area contributed by atoms with Gasteiger partial charge in [0, 0.05) is 86.3 Å². The fourth-order valence-electron chi connectivity index (χ4n) is 6.32. The van der Waals surface area contributed by atoms with Gasteiger partial charge < -0.3 is 49.3 Å². The van der Waals surface area contributed by atoms with Crippen molar-refractivity contribution in [2.75, 3.05) is 86.0 Å². The normalized spacial score (nSPS) is 12.6. The fourth-order valence-corrected chi connectivity index (χ4v) is 6.32. The molecule has 60 heavy (non-hydrogen) atoms. The van der Waals surface area contributed by atoms with Crippen molar-refractivity contribution in [2.45, 2.75) is 6.92 Å². The van der Waals surface area contributed by atoms with Crippen LogP contribution in [0.15, 0.2) is 112 Å². The van der Waals surface area contributed by atoms with Gasteiger partial charge in [0.25, 0.3) is 5.91 Å². The molecule has 1 saturated heterocycles. The molecule has 318 valence electrons. The Balaban J connectivity index is 0.000000277. The number of fused-ring (bicyclic) bond motifs is 2. The van der Waals surface area contributed by atoms with Crippen molar-refractivity contribution in [3.8, 4) is 33.9 Å². The van der Waals surface area contributed by atoms with Gasteiger partial charge in [-0.25, -0.2) is 0 Å². The maximum atomic E-state index is 13.7. The maximum Gasteiger partial charge on any atom is 0.254 e. The van der Waals surface area contributed by atoms with Crippen LogP contribution in [0.5, 0.6) is 11.5 Å². The number of nitrogens with zero attached hydrogens (tertiary/aromatic N) is 2. The molecule has 0 saturated carbocycles. The third kappa shape index (κ3) is 13.9. The van der Waals surface area contributed by atoms with E-state index in [2.05, 4.69) is 29.0 Å². The fraction of sp³-hybridized carbons (Fsp3) is 0.304. The standard InChI is InChI=1S/C28H26N2O5.C17H24N2O4.CH4O/c1-2-29-11-13-30(14-12-29)28(33)22-6-4-3-5-21(22)27-23-9-7-19(32)17-25(23)35-26-18-20(34-16-15-31)8-10-24(26)27;1-15(2-3-16-4-6-17(21)7-5-16)19-9-11-23-13-12-22-10-8-18-14-20;1-2/h3-10,15,17-18H,2,11-14,16H2,1H3;2-7,14,19,21H,1,8-13H2,(H,18,20);2H,1H3/b;3-2+;. The van der Waals surface area contributed by atoms with Crippen molar-refractivity contribution < 1.29 is 43.2 Å². The second-order valence-corrected chi connectivity index (χ2v) is 13.2. The summed E-state index contributed by atoms with van der Waals surface area (Å²) >= 11 is 0. The number of amides is 2. The van der Waals surface area contributed by atoms with E-state index in [1.165, 1.54) is 12.1 Å². The first-order valence-electron chi connectivity index (χ1n) is 19.7. The van der Waals surface area contributed by atoms with Crippen LogP contribution in [0.1, 0.15) is 22.8 Å². The Morgan fingerprint density at radius 2 is 1.58 bits per heavy atom. The van der Waals surface area contributed by atoms with E-state index in [0.29, 0.717) is 88.0 Å². The maximum absolute atomic E-state index is 13.7. The molecule has 0 spiro atoms. The number of carbonyl (C=O) groups is 3. The molecule has 6 rings (SSSR count). The van der Waals surface area contributed by atoms with Crippen LogP contribution in [-0.4, -0.2) is 125 Å². The Kier molecular flexibility index (Phi) is 19.5. The molecule has 14 nitrogen and oxygen atoms in total. The van der Waals surface area contributed by atoms with Crippen molar-refractivity contribution in [1.82, 2.24) is 20.4 Å². The molecule has 4 N–H and O–H groups in total. The number of likely N-dealkylation sites (N-methyl/N-ethyl adjacent to an activating group) is 1. The molecule has 0 radical (unpaired) electrons. The summed E-state index contributed by atoms with van der Waals surface area (Å²) in [6, 6.07) is 24.5. The highest BCUT2D eigenvalue weighted by molar-refractivity contribution is 6.09. The number of aromatic hydroxyl groups is 1. The van der Waals surface area contributed by atoms with Crippen LogP contribution in [0.3, 0.4) is 0 Å². The first kappa shape index (κ1) is 46.4. The number of carbonyl (C=O) groups excluding carboxylic acids is 3. The largest absolute Gasteiger partial charge is 0.508 e. The van der Waals surface area contributed by atoms with Crippen LogP contribution in [-0.2, 0) is 19.1 Å². The highest BCUT2D eigenvalue weighted by Crippen LogP contribution is 2.42. The second-order valence-electron chi connectivity index (χ2n) is 13.2. The molecule has 1 fully saturated rings. The zero-order chi connectivity index (χ0) is 43.1. The Labute approximate surface area is 350 Å². The lowest BCUT2D eigenvalue weighted by molar-refractivity contribution is -0.110. The highest BCUT2D eigenvalue weighted by atomic mass is 16.5. The van der Waals surface area contributed by atoms with Crippen LogP contribution in [0.25, 0.3) is 39.5 Å². The molecule has 1 aliphatic carbocycles. The van der Waals surface area contributed by atoms with Gasteiger partial charge >= 0.3 is 0 Å². The molecular weight excluding hydrogens is 769 g/mol. The topological polar surface area (TPSA) is 180 Å². The average molecular weight is 823 g/mol. The van der Waals surface area contributed by atoms with Crippen molar-refractivity contribution in [2.24, 2.45) is 0 Å². The summed E-state index contributed by atoms with van der Waals surface area (Å²) in [6.45, 7) is 13.2. The summed E-state index contributed by atoms with van der Waals surface area (Å²) in [6.07, 6.45) is 5.11. The summed E-state index contributed by atoms with van der Waals surface area (Å²) in [7, 11) is 1.00. The van der Waals surface area contributed by atoms with Crippen LogP contribution in [0.4, 0.5) is 0 Å². The summed E-state index contributed by atoms with van der Waals surface area (Å²) in [5.74, 6) is 1.14. The molecule has 0 atom stereocenters. The number of aliphatic hydroxyl groups is 1. The van der Waals surface area contributed by atoms with E-state index in [9.17, 15) is 24.3 Å². The molecule has 0 bridgehead atoms. The zero-order valence-corrected chi connectivity index (χ0v) is 34.1. The Bertz CT molecular complexity index is 2180. The third-order valence-electron chi connectivity index (χ3n) is 9.33. The lowest BCUT2D eigenvalue weighted by Crippen LogP contribution is -2.48. The van der Waals surface area contributed by atoms with Crippen molar-refractivity contribution in [1.29, 1.82) is 0 Å². The summed E-state index contributed by atoms with van der Waals surface area (Å²) < 4.78 is 22.2. The summed E-state index contributed by atoms with van der Waals surface area (Å²) in [4.78, 5) is 50.8. The molecular formula is C46H54N4O10. The van der Waals surface area contributed by atoms with Crippen LogP contribution >= 0.6 is 0 Å². The second kappa shape index (κ2) is 25.2. The van der Waals surface area contributed by atoms with Gasteiger partial charge in [-0.05, 0) is 66.2 Å². The molecule has 3 aromatic carbocycles. The summed E-state index contributed by atoms with van der Waals surface area (Å²) in [5, 5.41) is 22.6.